The van der Waals surface area contributed by atoms with Crippen LogP contribution < -0.4 is 10.6 Å². The van der Waals surface area contributed by atoms with Gasteiger partial charge >= 0.3 is 6.03 Å². The summed E-state index contributed by atoms with van der Waals surface area (Å²) in [6.45, 7) is 7.31. The number of carbonyl (C=O) groups excluding carboxylic acids is 2. The molecule has 0 saturated carbocycles. The van der Waals surface area contributed by atoms with Gasteiger partial charge in [-0.15, -0.1) is 0 Å². The van der Waals surface area contributed by atoms with Crippen molar-refractivity contribution >= 4 is 17.5 Å². The Morgan fingerprint density at radius 1 is 1.00 bits per heavy atom. The Hall–Kier alpha value is -2.62. The van der Waals surface area contributed by atoms with Crippen molar-refractivity contribution in [1.82, 2.24) is 5.32 Å². The third kappa shape index (κ3) is 4.42. The van der Waals surface area contributed by atoms with E-state index in [4.69, 9.17) is 0 Å². The fourth-order valence-corrected chi connectivity index (χ4v) is 2.37. The topological polar surface area (TPSA) is 58.2 Å². The third-order valence-corrected chi connectivity index (χ3v) is 3.69. The summed E-state index contributed by atoms with van der Waals surface area (Å²) in [5.74, 6) is 0.00635. The van der Waals surface area contributed by atoms with E-state index >= 15 is 0 Å². The van der Waals surface area contributed by atoms with Gasteiger partial charge in [-0.1, -0.05) is 30.3 Å². The first-order valence-corrected chi connectivity index (χ1v) is 7.55. The molecule has 0 heterocycles. The van der Waals surface area contributed by atoms with Crippen LogP contribution in [0.25, 0.3) is 0 Å². The molecule has 0 aliphatic rings. The van der Waals surface area contributed by atoms with Gasteiger partial charge in [0.25, 0.3) is 0 Å². The van der Waals surface area contributed by atoms with E-state index in [-0.39, 0.29) is 11.8 Å². The zero-order valence-electron chi connectivity index (χ0n) is 13.9. The Kier molecular flexibility index (Phi) is 4.84. The molecule has 0 aromatic heterocycles. The number of rotatable bonds is 4. The van der Waals surface area contributed by atoms with Crippen LogP contribution in [0.1, 0.15) is 42.3 Å². The minimum absolute atomic E-state index is 0.00635. The van der Waals surface area contributed by atoms with E-state index in [0.29, 0.717) is 5.56 Å². The molecule has 2 aromatic rings. The van der Waals surface area contributed by atoms with E-state index < -0.39 is 5.54 Å². The van der Waals surface area contributed by atoms with E-state index in [1.54, 1.807) is 6.07 Å². The van der Waals surface area contributed by atoms with Crippen molar-refractivity contribution < 1.29 is 9.59 Å². The maximum atomic E-state index is 12.2. The smallest absolute Gasteiger partial charge is 0.319 e. The van der Waals surface area contributed by atoms with Crippen LogP contribution in [0, 0.1) is 6.92 Å². The molecule has 4 nitrogen and oxygen atoms in total. The molecule has 0 spiro atoms. The average molecular weight is 310 g/mol. The summed E-state index contributed by atoms with van der Waals surface area (Å²) >= 11 is 0. The molecule has 2 amide bonds. The summed E-state index contributed by atoms with van der Waals surface area (Å²) in [4.78, 5) is 23.8. The number of hydrogen-bond donors (Lipinski definition) is 2. The van der Waals surface area contributed by atoms with Crippen LogP contribution in [0.3, 0.4) is 0 Å². The number of Topliss-reactive ketones (excluding diaryl/α,β-unsaturated/α-hetero) is 1. The number of carbonyl (C=O) groups is 2. The van der Waals surface area contributed by atoms with Crippen molar-refractivity contribution in [1.29, 1.82) is 0 Å². The number of aryl methyl sites for hydroxylation is 1. The second-order valence-corrected chi connectivity index (χ2v) is 6.21. The van der Waals surface area contributed by atoms with E-state index in [1.807, 2.05) is 63.2 Å². The summed E-state index contributed by atoms with van der Waals surface area (Å²) in [5, 5.41) is 5.77. The molecule has 2 N–H and O–H groups in total. The quantitative estimate of drug-likeness (QED) is 0.829. The van der Waals surface area contributed by atoms with Crippen molar-refractivity contribution in [3.05, 3.63) is 65.2 Å². The summed E-state index contributed by atoms with van der Waals surface area (Å²) in [6.07, 6.45) is 0. The van der Waals surface area contributed by atoms with Gasteiger partial charge in [-0.3, -0.25) is 4.79 Å². The molecule has 0 atom stereocenters. The minimum atomic E-state index is -0.598. The molecule has 0 saturated heterocycles. The lowest BCUT2D eigenvalue weighted by Gasteiger charge is -2.27. The Morgan fingerprint density at radius 3 is 2.35 bits per heavy atom. The highest BCUT2D eigenvalue weighted by Crippen LogP contribution is 2.21. The molecule has 0 radical (unpaired) electrons. The molecule has 0 fully saturated rings. The third-order valence-electron chi connectivity index (χ3n) is 3.69. The summed E-state index contributed by atoms with van der Waals surface area (Å²) < 4.78 is 0. The molecule has 23 heavy (non-hydrogen) atoms. The summed E-state index contributed by atoms with van der Waals surface area (Å²) in [7, 11) is 0. The molecule has 0 aliphatic heterocycles. The van der Waals surface area contributed by atoms with Crippen LogP contribution in [-0.2, 0) is 5.54 Å². The largest absolute Gasteiger partial charge is 0.329 e. The highest BCUT2D eigenvalue weighted by Gasteiger charge is 2.23. The Morgan fingerprint density at radius 2 is 1.70 bits per heavy atom. The fraction of sp³-hybridized carbons (Fsp3) is 0.263. The first-order valence-electron chi connectivity index (χ1n) is 7.55. The molecule has 2 rings (SSSR count). The highest BCUT2D eigenvalue weighted by molar-refractivity contribution is 5.94. The van der Waals surface area contributed by atoms with Crippen LogP contribution >= 0.6 is 0 Å². The van der Waals surface area contributed by atoms with E-state index in [2.05, 4.69) is 10.6 Å². The number of hydrogen-bond acceptors (Lipinski definition) is 2. The van der Waals surface area contributed by atoms with Crippen molar-refractivity contribution in [3.63, 3.8) is 0 Å². The van der Waals surface area contributed by atoms with Gasteiger partial charge in [0.05, 0.1) is 5.54 Å². The van der Waals surface area contributed by atoms with Gasteiger partial charge in [0.1, 0.15) is 0 Å². The average Bonchev–Trinajstić information content (AvgIpc) is 2.46. The van der Waals surface area contributed by atoms with Crippen molar-refractivity contribution in [2.75, 3.05) is 5.32 Å². The molecular formula is C19H22N2O2. The van der Waals surface area contributed by atoms with E-state index in [1.165, 1.54) is 6.92 Å². The second-order valence-electron chi connectivity index (χ2n) is 6.21. The predicted molar refractivity (Wildman–Crippen MR) is 92.8 cm³/mol. The second kappa shape index (κ2) is 6.65. The lowest BCUT2D eigenvalue weighted by atomic mass is 9.92. The summed E-state index contributed by atoms with van der Waals surface area (Å²) in [5.41, 5.74) is 2.74. The van der Waals surface area contributed by atoms with Crippen LogP contribution in [-0.4, -0.2) is 11.8 Å². The zero-order valence-corrected chi connectivity index (χ0v) is 13.9. The normalized spacial score (nSPS) is 11.0. The molecule has 4 heteroatoms. The molecule has 120 valence electrons. The number of benzene rings is 2. The standard InChI is InChI=1S/C19H22N2O2/c1-13-7-5-10-17(11-13)20-18(23)21-19(3,4)16-9-6-8-15(12-16)14(2)22/h5-12H,1-4H3,(H2,20,21,23). The molecular weight excluding hydrogens is 288 g/mol. The molecule has 0 unspecified atom stereocenters. The Labute approximate surface area is 136 Å². The monoisotopic (exact) mass is 310 g/mol. The molecule has 0 bridgehead atoms. The molecule has 2 aromatic carbocycles. The van der Waals surface area contributed by atoms with E-state index in [0.717, 1.165) is 16.8 Å². The maximum absolute atomic E-state index is 12.2. The van der Waals surface area contributed by atoms with Crippen LogP contribution in [0.5, 0.6) is 0 Å². The highest BCUT2D eigenvalue weighted by atomic mass is 16.2. The zero-order chi connectivity index (χ0) is 17.0. The van der Waals surface area contributed by atoms with Gasteiger partial charge in [0, 0.05) is 11.3 Å². The molecule has 0 aliphatic carbocycles. The van der Waals surface area contributed by atoms with Crippen molar-refractivity contribution in [2.24, 2.45) is 0 Å². The van der Waals surface area contributed by atoms with E-state index in [9.17, 15) is 9.59 Å². The van der Waals surface area contributed by atoms with Gasteiger partial charge in [-0.05, 0) is 57.0 Å². The van der Waals surface area contributed by atoms with Gasteiger partial charge in [0.2, 0.25) is 0 Å². The summed E-state index contributed by atoms with van der Waals surface area (Å²) in [6, 6.07) is 14.6. The fourth-order valence-electron chi connectivity index (χ4n) is 2.37. The number of urea groups is 1. The number of amides is 2. The Bertz CT molecular complexity index is 736. The number of anilines is 1. The number of ketones is 1. The van der Waals surface area contributed by atoms with Crippen molar-refractivity contribution in [2.45, 2.75) is 33.2 Å². The minimum Gasteiger partial charge on any atom is -0.329 e. The SMILES string of the molecule is CC(=O)c1cccc(C(C)(C)NC(=O)Nc2cccc(C)c2)c1. The maximum Gasteiger partial charge on any atom is 0.319 e. The van der Waals surface area contributed by atoms with Crippen LogP contribution in [0.2, 0.25) is 0 Å². The first-order chi connectivity index (χ1) is 10.8. The predicted octanol–water partition coefficient (Wildman–Crippen LogP) is 4.25. The number of nitrogens with one attached hydrogen (secondary N) is 2. The lowest BCUT2D eigenvalue weighted by Crippen LogP contribution is -2.43. The van der Waals surface area contributed by atoms with Gasteiger partial charge in [-0.2, -0.15) is 0 Å². The van der Waals surface area contributed by atoms with Crippen LogP contribution in [0.15, 0.2) is 48.5 Å². The van der Waals surface area contributed by atoms with Crippen molar-refractivity contribution in [3.8, 4) is 0 Å². The Balaban J connectivity index is 2.12. The lowest BCUT2D eigenvalue weighted by molar-refractivity contribution is 0.101. The van der Waals surface area contributed by atoms with Gasteiger partial charge in [0.15, 0.2) is 5.78 Å². The van der Waals surface area contributed by atoms with Crippen LogP contribution in [0.4, 0.5) is 10.5 Å². The van der Waals surface area contributed by atoms with Gasteiger partial charge in [-0.25, -0.2) is 4.79 Å². The van der Waals surface area contributed by atoms with Gasteiger partial charge < -0.3 is 10.6 Å². The first kappa shape index (κ1) is 16.7.